The van der Waals surface area contributed by atoms with Gasteiger partial charge in [-0.15, -0.1) is 24.0 Å². The number of guanidine groups is 1. The lowest BCUT2D eigenvalue weighted by atomic mass is 10.3. The molecule has 0 bridgehead atoms. The van der Waals surface area contributed by atoms with Crippen LogP contribution in [-0.2, 0) is 6.42 Å². The molecule has 1 atom stereocenters. The van der Waals surface area contributed by atoms with E-state index in [1.807, 2.05) is 19.3 Å². The molecular weight excluding hydrogens is 329 g/mol. The molecule has 2 heterocycles. The third-order valence-corrected chi connectivity index (χ3v) is 2.38. The summed E-state index contributed by atoms with van der Waals surface area (Å²) in [6.07, 6.45) is 4.50. The van der Waals surface area contributed by atoms with E-state index in [1.165, 1.54) is 0 Å². The number of aryl methyl sites for hydroxylation is 1. The molecule has 1 unspecified atom stereocenters. The van der Waals surface area contributed by atoms with E-state index in [-0.39, 0.29) is 24.0 Å². The number of hydrogen-bond acceptors (Lipinski definition) is 5. The van der Waals surface area contributed by atoms with Crippen molar-refractivity contribution in [2.24, 2.45) is 4.99 Å². The Labute approximate surface area is 119 Å². The fraction of sp³-hybridized carbons (Fsp3) is 0.545. The first-order chi connectivity index (χ1) is 7.74. The molecule has 0 radical (unpaired) electrons. The number of nitrogens with zero attached hydrogens (tertiary/aromatic N) is 3. The monoisotopic (exact) mass is 347 g/mol. The number of aromatic nitrogens is 2. The Morgan fingerprint density at radius 3 is 2.71 bits per heavy atom. The minimum Gasteiger partial charge on any atom is -0.356 e. The van der Waals surface area contributed by atoms with Gasteiger partial charge in [-0.05, 0) is 19.4 Å². The second-order valence-electron chi connectivity index (χ2n) is 4.09. The number of aliphatic imine (C=N–C) groups is 1. The molecular formula is C11H18IN5. The van der Waals surface area contributed by atoms with Gasteiger partial charge >= 0.3 is 0 Å². The molecule has 0 saturated carbocycles. The molecule has 6 heteroatoms. The van der Waals surface area contributed by atoms with Gasteiger partial charge in [0.05, 0.1) is 6.54 Å². The van der Waals surface area contributed by atoms with Crippen molar-refractivity contribution in [1.29, 1.82) is 0 Å². The first kappa shape index (κ1) is 14.1. The topological polar surface area (TPSA) is 62.2 Å². The molecule has 1 aromatic heterocycles. The van der Waals surface area contributed by atoms with Crippen molar-refractivity contribution in [2.45, 2.75) is 26.3 Å². The van der Waals surface area contributed by atoms with Crippen LogP contribution in [0.15, 0.2) is 17.4 Å². The van der Waals surface area contributed by atoms with Gasteiger partial charge in [0, 0.05) is 31.4 Å². The Morgan fingerprint density at radius 1 is 1.41 bits per heavy atom. The van der Waals surface area contributed by atoms with Crippen LogP contribution in [-0.4, -0.2) is 35.1 Å². The van der Waals surface area contributed by atoms with Gasteiger partial charge in [0.25, 0.3) is 0 Å². The lowest BCUT2D eigenvalue weighted by molar-refractivity contribution is 0.709. The zero-order valence-electron chi connectivity index (χ0n) is 10.1. The molecule has 0 fully saturated rings. The van der Waals surface area contributed by atoms with Crippen molar-refractivity contribution in [1.82, 2.24) is 20.6 Å². The van der Waals surface area contributed by atoms with Crippen LogP contribution in [0.4, 0.5) is 0 Å². The van der Waals surface area contributed by atoms with Crippen LogP contribution >= 0.6 is 24.0 Å². The first-order valence-electron chi connectivity index (χ1n) is 5.56. The fourth-order valence-electron chi connectivity index (χ4n) is 1.50. The van der Waals surface area contributed by atoms with Crippen molar-refractivity contribution < 1.29 is 0 Å². The van der Waals surface area contributed by atoms with Gasteiger partial charge in [-0.1, -0.05) is 0 Å². The summed E-state index contributed by atoms with van der Waals surface area (Å²) in [5, 5.41) is 6.48. The molecule has 1 aliphatic heterocycles. The van der Waals surface area contributed by atoms with E-state index in [4.69, 9.17) is 0 Å². The highest BCUT2D eigenvalue weighted by atomic mass is 127. The molecule has 0 saturated heterocycles. The normalized spacial score (nSPS) is 18.0. The fourth-order valence-corrected chi connectivity index (χ4v) is 1.50. The van der Waals surface area contributed by atoms with Crippen LogP contribution in [0, 0.1) is 6.92 Å². The van der Waals surface area contributed by atoms with Crippen LogP contribution in [0.3, 0.4) is 0 Å². The van der Waals surface area contributed by atoms with Gasteiger partial charge < -0.3 is 10.6 Å². The van der Waals surface area contributed by atoms with Gasteiger partial charge in [0.2, 0.25) is 0 Å². The minimum absolute atomic E-state index is 0. The third-order valence-electron chi connectivity index (χ3n) is 2.38. The Bertz CT molecular complexity index is 376. The Kier molecular flexibility index (Phi) is 5.60. The quantitative estimate of drug-likeness (QED) is 0.797. The summed E-state index contributed by atoms with van der Waals surface area (Å²) in [4.78, 5) is 12.8. The first-order valence-corrected chi connectivity index (χ1v) is 5.56. The number of halogens is 1. The van der Waals surface area contributed by atoms with E-state index >= 15 is 0 Å². The van der Waals surface area contributed by atoms with Gasteiger partial charge in [-0.25, -0.2) is 9.97 Å². The number of nitrogens with one attached hydrogen (secondary N) is 2. The number of hydrogen-bond donors (Lipinski definition) is 2. The smallest absolute Gasteiger partial charge is 0.191 e. The summed E-state index contributed by atoms with van der Waals surface area (Å²) >= 11 is 0. The van der Waals surface area contributed by atoms with Crippen LogP contribution in [0.25, 0.3) is 0 Å². The van der Waals surface area contributed by atoms with Crippen molar-refractivity contribution in [3.8, 4) is 0 Å². The highest BCUT2D eigenvalue weighted by Gasteiger charge is 2.11. The summed E-state index contributed by atoms with van der Waals surface area (Å²) in [5.74, 6) is 1.75. The van der Waals surface area contributed by atoms with Crippen molar-refractivity contribution in [3.63, 3.8) is 0 Å². The second kappa shape index (κ2) is 6.73. The molecule has 0 aromatic carbocycles. The van der Waals surface area contributed by atoms with Crippen LogP contribution in [0.5, 0.6) is 0 Å². The lowest BCUT2D eigenvalue weighted by Gasteiger charge is -2.07. The maximum absolute atomic E-state index is 4.32. The average Bonchev–Trinajstić information content (AvgIpc) is 2.67. The van der Waals surface area contributed by atoms with Crippen LogP contribution in [0.2, 0.25) is 0 Å². The van der Waals surface area contributed by atoms with Gasteiger partial charge in [-0.2, -0.15) is 0 Å². The molecule has 1 aromatic rings. The van der Waals surface area contributed by atoms with E-state index in [9.17, 15) is 0 Å². The molecule has 1 aliphatic rings. The highest BCUT2D eigenvalue weighted by molar-refractivity contribution is 14.0. The van der Waals surface area contributed by atoms with Gasteiger partial charge in [0.15, 0.2) is 5.96 Å². The highest BCUT2D eigenvalue weighted by Crippen LogP contribution is 1.95. The van der Waals surface area contributed by atoms with E-state index in [0.29, 0.717) is 6.04 Å². The van der Waals surface area contributed by atoms with Crippen LogP contribution in [0.1, 0.15) is 18.3 Å². The zero-order chi connectivity index (χ0) is 11.4. The zero-order valence-corrected chi connectivity index (χ0v) is 12.4. The van der Waals surface area contributed by atoms with Crippen molar-refractivity contribution in [3.05, 3.63) is 23.8 Å². The molecule has 0 amide bonds. The maximum atomic E-state index is 4.32. The largest absolute Gasteiger partial charge is 0.356 e. The minimum atomic E-state index is 0. The summed E-state index contributed by atoms with van der Waals surface area (Å²) in [5.41, 5.74) is 1.09. The van der Waals surface area contributed by atoms with E-state index in [1.54, 1.807) is 0 Å². The van der Waals surface area contributed by atoms with E-state index < -0.39 is 0 Å². The SMILES string of the molecule is Cc1cnc(CCNC2=NCC(C)N2)nc1.I. The third kappa shape index (κ3) is 4.45. The summed E-state index contributed by atoms with van der Waals surface area (Å²) < 4.78 is 0. The maximum Gasteiger partial charge on any atom is 0.191 e. The van der Waals surface area contributed by atoms with Crippen LogP contribution < -0.4 is 10.6 Å². The molecule has 94 valence electrons. The van der Waals surface area contributed by atoms with E-state index in [0.717, 1.165) is 36.9 Å². The van der Waals surface area contributed by atoms with Crippen molar-refractivity contribution in [2.75, 3.05) is 13.1 Å². The second-order valence-corrected chi connectivity index (χ2v) is 4.09. The predicted octanol–water partition coefficient (Wildman–Crippen LogP) is 0.883. The molecule has 17 heavy (non-hydrogen) atoms. The molecule has 2 N–H and O–H groups in total. The Morgan fingerprint density at radius 2 is 2.12 bits per heavy atom. The number of rotatable bonds is 3. The van der Waals surface area contributed by atoms with Gasteiger partial charge in [0.1, 0.15) is 5.82 Å². The molecule has 5 nitrogen and oxygen atoms in total. The van der Waals surface area contributed by atoms with Crippen molar-refractivity contribution >= 4 is 29.9 Å². The predicted molar refractivity (Wildman–Crippen MR) is 78.8 cm³/mol. The average molecular weight is 347 g/mol. The summed E-state index contributed by atoms with van der Waals surface area (Å²) in [6.45, 7) is 5.76. The lowest BCUT2D eigenvalue weighted by Crippen LogP contribution is -2.38. The molecule has 2 rings (SSSR count). The summed E-state index contributed by atoms with van der Waals surface area (Å²) in [7, 11) is 0. The van der Waals surface area contributed by atoms with Gasteiger partial charge in [-0.3, -0.25) is 4.99 Å². The Balaban J connectivity index is 0.00000144. The molecule has 0 aliphatic carbocycles. The Hall–Kier alpha value is -0.920. The summed E-state index contributed by atoms with van der Waals surface area (Å²) in [6, 6.07) is 0.443. The van der Waals surface area contributed by atoms with E-state index in [2.05, 4.69) is 32.5 Å². The molecule has 0 spiro atoms. The standard InChI is InChI=1S/C11H17N5.HI/c1-8-5-13-10(14-6-8)3-4-12-11-15-7-9(2)16-11;/h5-6,9H,3-4,7H2,1-2H3,(H2,12,15,16);1H.